The molecule has 162 valence electrons. The lowest BCUT2D eigenvalue weighted by atomic mass is 10.1. The maximum atomic E-state index is 12.2. The number of aromatic nitrogens is 3. The molecule has 0 atom stereocenters. The minimum absolute atomic E-state index is 0.272. The van der Waals surface area contributed by atoms with Gasteiger partial charge in [0.25, 0.3) is 5.91 Å². The van der Waals surface area contributed by atoms with Crippen molar-refractivity contribution in [2.24, 2.45) is 0 Å². The van der Waals surface area contributed by atoms with Gasteiger partial charge in [-0.15, -0.1) is 0 Å². The zero-order valence-corrected chi connectivity index (χ0v) is 18.5. The van der Waals surface area contributed by atoms with E-state index in [9.17, 15) is 4.79 Å². The van der Waals surface area contributed by atoms with Crippen molar-refractivity contribution in [3.05, 3.63) is 102 Å². The molecule has 7 heteroatoms. The van der Waals surface area contributed by atoms with E-state index in [1.807, 2.05) is 84.9 Å². The second kappa shape index (κ2) is 8.76. The number of para-hydroxylation sites is 1. The standard InChI is InChI=1S/C26H19ClN4O2/c1-28-26(32)23-16-25-29-22(17-7-11-19(27)12-8-17)15-24(31(25)30-23)18-9-13-21(14-10-18)33-20-5-3-2-4-6-20/h2-16H,1H3,(H,28,32). The minimum Gasteiger partial charge on any atom is -0.457 e. The van der Waals surface area contributed by atoms with Crippen LogP contribution < -0.4 is 10.1 Å². The molecule has 0 aliphatic carbocycles. The predicted molar refractivity (Wildman–Crippen MR) is 129 cm³/mol. The van der Waals surface area contributed by atoms with Crippen LogP contribution in [0.1, 0.15) is 10.5 Å². The number of ether oxygens (including phenoxy) is 1. The van der Waals surface area contributed by atoms with Crippen molar-refractivity contribution in [3.8, 4) is 34.0 Å². The molecule has 0 spiro atoms. The lowest BCUT2D eigenvalue weighted by Crippen LogP contribution is -2.18. The van der Waals surface area contributed by atoms with Crippen molar-refractivity contribution in [1.82, 2.24) is 19.9 Å². The second-order valence-corrected chi connectivity index (χ2v) is 7.79. The highest BCUT2D eigenvalue weighted by Gasteiger charge is 2.16. The fraction of sp³-hybridized carbons (Fsp3) is 0.0385. The summed E-state index contributed by atoms with van der Waals surface area (Å²) in [6.07, 6.45) is 0. The zero-order chi connectivity index (χ0) is 22.8. The zero-order valence-electron chi connectivity index (χ0n) is 17.7. The molecule has 0 bridgehead atoms. The van der Waals surface area contributed by atoms with Crippen LogP contribution in [0.25, 0.3) is 28.2 Å². The van der Waals surface area contributed by atoms with Crippen LogP contribution in [-0.4, -0.2) is 27.6 Å². The second-order valence-electron chi connectivity index (χ2n) is 7.35. The van der Waals surface area contributed by atoms with Crippen LogP contribution in [0.2, 0.25) is 5.02 Å². The van der Waals surface area contributed by atoms with E-state index in [2.05, 4.69) is 10.4 Å². The largest absolute Gasteiger partial charge is 0.457 e. The Balaban J connectivity index is 1.59. The van der Waals surface area contributed by atoms with E-state index >= 15 is 0 Å². The Morgan fingerprint density at radius 3 is 2.24 bits per heavy atom. The Morgan fingerprint density at radius 2 is 1.55 bits per heavy atom. The van der Waals surface area contributed by atoms with Crippen LogP contribution in [-0.2, 0) is 0 Å². The minimum atomic E-state index is -0.272. The number of nitrogens with zero attached hydrogens (tertiary/aromatic N) is 3. The van der Waals surface area contributed by atoms with Gasteiger partial charge in [-0.05, 0) is 54.6 Å². The van der Waals surface area contributed by atoms with E-state index in [1.54, 1.807) is 17.6 Å². The molecule has 0 aliphatic rings. The van der Waals surface area contributed by atoms with Crippen molar-refractivity contribution < 1.29 is 9.53 Å². The fourth-order valence-corrected chi connectivity index (χ4v) is 3.63. The van der Waals surface area contributed by atoms with Gasteiger partial charge in [-0.3, -0.25) is 4.79 Å². The van der Waals surface area contributed by atoms with Gasteiger partial charge in [0.05, 0.1) is 11.4 Å². The van der Waals surface area contributed by atoms with E-state index in [0.717, 1.165) is 34.0 Å². The number of halogens is 1. The molecule has 0 radical (unpaired) electrons. The molecule has 0 fully saturated rings. The monoisotopic (exact) mass is 454 g/mol. The number of fused-ring (bicyclic) bond motifs is 1. The number of carbonyl (C=O) groups excluding carboxylic acids is 1. The summed E-state index contributed by atoms with van der Waals surface area (Å²) in [7, 11) is 1.57. The van der Waals surface area contributed by atoms with Gasteiger partial charge < -0.3 is 10.1 Å². The van der Waals surface area contributed by atoms with E-state index in [0.29, 0.717) is 16.4 Å². The van der Waals surface area contributed by atoms with E-state index in [4.69, 9.17) is 21.3 Å². The van der Waals surface area contributed by atoms with Gasteiger partial charge in [-0.2, -0.15) is 5.10 Å². The van der Waals surface area contributed by atoms with E-state index in [1.165, 1.54) is 0 Å². The third-order valence-electron chi connectivity index (χ3n) is 5.16. The molecular weight excluding hydrogens is 436 g/mol. The molecular formula is C26H19ClN4O2. The van der Waals surface area contributed by atoms with Crippen molar-refractivity contribution in [1.29, 1.82) is 0 Å². The van der Waals surface area contributed by atoms with E-state index in [-0.39, 0.29) is 5.91 Å². The summed E-state index contributed by atoms with van der Waals surface area (Å²) in [5.41, 5.74) is 4.23. The summed E-state index contributed by atoms with van der Waals surface area (Å²) >= 11 is 6.06. The van der Waals surface area contributed by atoms with Crippen LogP contribution in [0.15, 0.2) is 91.0 Å². The van der Waals surface area contributed by atoms with Gasteiger partial charge >= 0.3 is 0 Å². The SMILES string of the molecule is CNC(=O)c1cc2nc(-c3ccc(Cl)cc3)cc(-c3ccc(Oc4ccccc4)cc3)n2n1. The number of carbonyl (C=O) groups is 1. The Bertz CT molecular complexity index is 1430. The third-order valence-corrected chi connectivity index (χ3v) is 5.41. The molecule has 1 N–H and O–H groups in total. The molecule has 6 nitrogen and oxygen atoms in total. The lowest BCUT2D eigenvalue weighted by molar-refractivity contribution is 0.0958. The van der Waals surface area contributed by atoms with Crippen LogP contribution in [0.5, 0.6) is 11.5 Å². The van der Waals surface area contributed by atoms with Crippen molar-refractivity contribution in [2.75, 3.05) is 7.05 Å². The fourth-order valence-electron chi connectivity index (χ4n) is 3.51. The predicted octanol–water partition coefficient (Wildman–Crippen LogP) is 5.87. The maximum absolute atomic E-state index is 12.2. The third kappa shape index (κ3) is 4.29. The molecule has 0 aliphatic heterocycles. The van der Waals surface area contributed by atoms with Gasteiger partial charge in [-0.1, -0.05) is 41.9 Å². The first-order chi connectivity index (χ1) is 16.1. The molecule has 5 aromatic rings. The van der Waals surface area contributed by atoms with Crippen LogP contribution in [0, 0.1) is 0 Å². The summed E-state index contributed by atoms with van der Waals surface area (Å²) in [6, 6.07) is 28.4. The summed E-state index contributed by atoms with van der Waals surface area (Å²) in [4.78, 5) is 16.9. The van der Waals surface area contributed by atoms with Crippen LogP contribution in [0.3, 0.4) is 0 Å². The highest BCUT2D eigenvalue weighted by Crippen LogP contribution is 2.30. The number of hydrogen-bond donors (Lipinski definition) is 1. The lowest BCUT2D eigenvalue weighted by Gasteiger charge is -2.10. The molecule has 33 heavy (non-hydrogen) atoms. The first-order valence-corrected chi connectivity index (χ1v) is 10.7. The summed E-state index contributed by atoms with van der Waals surface area (Å²) < 4.78 is 7.59. The average molecular weight is 455 g/mol. The maximum Gasteiger partial charge on any atom is 0.271 e. The van der Waals surface area contributed by atoms with Gasteiger partial charge in [0, 0.05) is 29.3 Å². The van der Waals surface area contributed by atoms with Crippen LogP contribution >= 0.6 is 11.6 Å². The number of rotatable bonds is 5. The van der Waals surface area contributed by atoms with Crippen LogP contribution in [0.4, 0.5) is 0 Å². The molecule has 3 aromatic carbocycles. The molecule has 0 unspecified atom stereocenters. The topological polar surface area (TPSA) is 68.5 Å². The summed E-state index contributed by atoms with van der Waals surface area (Å²) in [5, 5.41) is 7.75. The van der Waals surface area contributed by atoms with Gasteiger partial charge in [0.2, 0.25) is 0 Å². The highest BCUT2D eigenvalue weighted by molar-refractivity contribution is 6.30. The molecule has 1 amide bonds. The number of hydrogen-bond acceptors (Lipinski definition) is 4. The Labute approximate surface area is 195 Å². The normalized spacial score (nSPS) is 10.8. The van der Waals surface area contributed by atoms with E-state index < -0.39 is 0 Å². The van der Waals surface area contributed by atoms with Gasteiger partial charge in [-0.25, -0.2) is 9.50 Å². The Morgan fingerprint density at radius 1 is 0.879 bits per heavy atom. The number of benzene rings is 3. The summed E-state index contributed by atoms with van der Waals surface area (Å²) in [6.45, 7) is 0. The molecule has 2 aromatic heterocycles. The highest BCUT2D eigenvalue weighted by atomic mass is 35.5. The molecule has 2 heterocycles. The van der Waals surface area contributed by atoms with Gasteiger partial charge in [0.1, 0.15) is 11.5 Å². The first-order valence-electron chi connectivity index (χ1n) is 10.3. The first kappa shape index (κ1) is 20.7. The molecule has 5 rings (SSSR count). The number of nitrogens with one attached hydrogen (secondary N) is 1. The smallest absolute Gasteiger partial charge is 0.271 e. The average Bonchev–Trinajstić information content (AvgIpc) is 3.29. The summed E-state index contributed by atoms with van der Waals surface area (Å²) in [5.74, 6) is 1.22. The number of amides is 1. The van der Waals surface area contributed by atoms with Crippen molar-refractivity contribution >= 4 is 23.2 Å². The molecule has 0 saturated carbocycles. The quantitative estimate of drug-likeness (QED) is 0.360. The van der Waals surface area contributed by atoms with Crippen molar-refractivity contribution in [3.63, 3.8) is 0 Å². The molecule has 0 saturated heterocycles. The Hall–Kier alpha value is -4.16. The Kier molecular flexibility index (Phi) is 5.50. The van der Waals surface area contributed by atoms with Gasteiger partial charge in [0.15, 0.2) is 11.3 Å². The van der Waals surface area contributed by atoms with Crippen molar-refractivity contribution in [2.45, 2.75) is 0 Å².